The van der Waals surface area contributed by atoms with Crippen molar-refractivity contribution < 1.29 is 4.74 Å². The smallest absolute Gasteiger partial charge is 0.243 e. The standard InChI is InChI=1S/C12H18N8O/c1-8-5-20(6-9(2)21-8)12-16-10(18-13)15-11(17-12)19-4-3-14-7-19/h3-4,7-9H,5-6,13H2,1-2H3,(H,15,16,17,18)/t8-,9+. The molecule has 9 heteroatoms. The van der Waals surface area contributed by atoms with Gasteiger partial charge in [0, 0.05) is 25.5 Å². The van der Waals surface area contributed by atoms with Crippen LogP contribution in [-0.2, 0) is 4.74 Å². The maximum absolute atomic E-state index is 5.73. The summed E-state index contributed by atoms with van der Waals surface area (Å²) in [6, 6.07) is 0. The molecule has 0 aromatic carbocycles. The van der Waals surface area contributed by atoms with E-state index in [0.29, 0.717) is 17.8 Å². The first kappa shape index (κ1) is 13.7. The molecule has 0 amide bonds. The van der Waals surface area contributed by atoms with Crippen molar-refractivity contribution in [2.75, 3.05) is 23.4 Å². The van der Waals surface area contributed by atoms with Crippen LogP contribution in [0, 0.1) is 0 Å². The molecule has 112 valence electrons. The van der Waals surface area contributed by atoms with Crippen LogP contribution in [0.3, 0.4) is 0 Å². The van der Waals surface area contributed by atoms with Gasteiger partial charge in [0.25, 0.3) is 0 Å². The normalized spacial score (nSPS) is 22.3. The summed E-state index contributed by atoms with van der Waals surface area (Å²) in [6.45, 7) is 5.51. The van der Waals surface area contributed by atoms with Crippen molar-refractivity contribution in [3.63, 3.8) is 0 Å². The van der Waals surface area contributed by atoms with Crippen LogP contribution < -0.4 is 16.2 Å². The Hall–Kier alpha value is -2.26. The van der Waals surface area contributed by atoms with Gasteiger partial charge in [0.1, 0.15) is 6.33 Å². The van der Waals surface area contributed by atoms with E-state index in [4.69, 9.17) is 10.6 Å². The molecule has 0 bridgehead atoms. The Bertz CT molecular complexity index is 591. The first-order chi connectivity index (χ1) is 10.2. The Morgan fingerprint density at radius 3 is 2.52 bits per heavy atom. The molecule has 3 rings (SSSR count). The predicted octanol–water partition coefficient (Wildman–Crippen LogP) is -0.0435. The topological polar surface area (TPSA) is 107 Å². The van der Waals surface area contributed by atoms with E-state index in [1.165, 1.54) is 0 Å². The lowest BCUT2D eigenvalue weighted by Crippen LogP contribution is -2.46. The average molecular weight is 290 g/mol. The SMILES string of the molecule is C[C@@H]1CN(c2nc(NN)nc(-n3ccnc3)n2)C[C@H](C)O1. The van der Waals surface area contributed by atoms with Crippen molar-refractivity contribution in [2.45, 2.75) is 26.1 Å². The molecule has 9 nitrogen and oxygen atoms in total. The zero-order chi connectivity index (χ0) is 14.8. The number of hydrogen-bond acceptors (Lipinski definition) is 8. The lowest BCUT2D eigenvalue weighted by molar-refractivity contribution is -0.00572. The number of aromatic nitrogens is 5. The summed E-state index contributed by atoms with van der Waals surface area (Å²) in [6.07, 6.45) is 5.30. The van der Waals surface area contributed by atoms with E-state index >= 15 is 0 Å². The fourth-order valence-corrected chi connectivity index (χ4v) is 2.39. The van der Waals surface area contributed by atoms with Crippen LogP contribution in [0.4, 0.5) is 11.9 Å². The molecule has 1 aliphatic rings. The molecular formula is C12H18N8O. The Kier molecular flexibility index (Phi) is 3.67. The van der Waals surface area contributed by atoms with Gasteiger partial charge < -0.3 is 9.64 Å². The Balaban J connectivity index is 1.96. The van der Waals surface area contributed by atoms with Crippen LogP contribution in [0.2, 0.25) is 0 Å². The van der Waals surface area contributed by atoms with Crippen molar-refractivity contribution in [1.29, 1.82) is 0 Å². The van der Waals surface area contributed by atoms with Gasteiger partial charge in [-0.05, 0) is 13.8 Å². The zero-order valence-electron chi connectivity index (χ0n) is 12.0. The van der Waals surface area contributed by atoms with Gasteiger partial charge in [0.2, 0.25) is 17.8 Å². The average Bonchev–Trinajstić information content (AvgIpc) is 3.00. The Labute approximate surface area is 122 Å². The molecule has 0 radical (unpaired) electrons. The van der Waals surface area contributed by atoms with Crippen LogP contribution in [0.1, 0.15) is 13.8 Å². The highest BCUT2D eigenvalue weighted by Gasteiger charge is 2.25. The number of morpholine rings is 1. The van der Waals surface area contributed by atoms with E-state index in [1.54, 1.807) is 23.3 Å². The van der Waals surface area contributed by atoms with E-state index in [2.05, 4.69) is 30.3 Å². The van der Waals surface area contributed by atoms with E-state index in [-0.39, 0.29) is 12.2 Å². The molecule has 2 atom stereocenters. The fourth-order valence-electron chi connectivity index (χ4n) is 2.39. The highest BCUT2D eigenvalue weighted by molar-refractivity contribution is 5.40. The molecule has 3 heterocycles. The minimum absolute atomic E-state index is 0.122. The van der Waals surface area contributed by atoms with Crippen LogP contribution in [0.15, 0.2) is 18.7 Å². The summed E-state index contributed by atoms with van der Waals surface area (Å²) in [7, 11) is 0. The van der Waals surface area contributed by atoms with Crippen molar-refractivity contribution >= 4 is 11.9 Å². The lowest BCUT2D eigenvalue weighted by atomic mass is 10.2. The number of hydrazine groups is 1. The highest BCUT2D eigenvalue weighted by atomic mass is 16.5. The van der Waals surface area contributed by atoms with Gasteiger partial charge in [-0.3, -0.25) is 9.99 Å². The molecule has 1 aliphatic heterocycles. The van der Waals surface area contributed by atoms with E-state index in [0.717, 1.165) is 13.1 Å². The maximum atomic E-state index is 5.73. The van der Waals surface area contributed by atoms with E-state index in [9.17, 15) is 0 Å². The van der Waals surface area contributed by atoms with Crippen LogP contribution in [-0.4, -0.2) is 49.8 Å². The van der Waals surface area contributed by atoms with Crippen molar-refractivity contribution in [2.24, 2.45) is 5.84 Å². The molecule has 1 fully saturated rings. The van der Waals surface area contributed by atoms with Gasteiger partial charge in [-0.15, -0.1) is 0 Å². The van der Waals surface area contributed by atoms with Crippen LogP contribution in [0.25, 0.3) is 5.95 Å². The van der Waals surface area contributed by atoms with E-state index < -0.39 is 0 Å². The van der Waals surface area contributed by atoms with Gasteiger partial charge in [0.15, 0.2) is 0 Å². The number of rotatable bonds is 3. The minimum atomic E-state index is 0.122. The molecule has 2 aromatic rings. The largest absolute Gasteiger partial charge is 0.372 e. The van der Waals surface area contributed by atoms with Gasteiger partial charge in [-0.25, -0.2) is 10.8 Å². The molecule has 1 saturated heterocycles. The summed E-state index contributed by atoms with van der Waals surface area (Å²) in [4.78, 5) is 19.1. The number of imidazole rings is 1. The molecular weight excluding hydrogens is 272 g/mol. The summed E-state index contributed by atoms with van der Waals surface area (Å²) >= 11 is 0. The number of anilines is 2. The van der Waals surface area contributed by atoms with Gasteiger partial charge in [-0.2, -0.15) is 15.0 Å². The number of ether oxygens (including phenoxy) is 1. The number of nitrogen functional groups attached to an aromatic ring is 1. The second-order valence-corrected chi connectivity index (χ2v) is 5.04. The number of nitrogens with one attached hydrogen (secondary N) is 1. The molecule has 0 saturated carbocycles. The first-order valence-corrected chi connectivity index (χ1v) is 6.77. The van der Waals surface area contributed by atoms with Gasteiger partial charge in [-0.1, -0.05) is 0 Å². The summed E-state index contributed by atoms with van der Waals surface area (Å²) in [5.74, 6) is 6.81. The minimum Gasteiger partial charge on any atom is -0.372 e. The Morgan fingerprint density at radius 1 is 1.19 bits per heavy atom. The molecule has 21 heavy (non-hydrogen) atoms. The predicted molar refractivity (Wildman–Crippen MR) is 77.0 cm³/mol. The number of nitrogens with zero attached hydrogens (tertiary/aromatic N) is 6. The quantitative estimate of drug-likeness (QED) is 0.599. The third-order valence-electron chi connectivity index (χ3n) is 3.18. The molecule has 0 aliphatic carbocycles. The van der Waals surface area contributed by atoms with Crippen molar-refractivity contribution in [3.8, 4) is 5.95 Å². The second kappa shape index (κ2) is 5.62. The number of nitrogens with two attached hydrogens (primary N) is 1. The molecule has 3 N–H and O–H groups in total. The zero-order valence-corrected chi connectivity index (χ0v) is 12.0. The van der Waals surface area contributed by atoms with Gasteiger partial charge in [0.05, 0.1) is 12.2 Å². The van der Waals surface area contributed by atoms with Crippen molar-refractivity contribution in [1.82, 2.24) is 24.5 Å². The third-order valence-corrected chi connectivity index (χ3v) is 3.18. The fraction of sp³-hybridized carbons (Fsp3) is 0.500. The maximum Gasteiger partial charge on any atom is 0.243 e. The van der Waals surface area contributed by atoms with Crippen LogP contribution >= 0.6 is 0 Å². The molecule has 2 aromatic heterocycles. The van der Waals surface area contributed by atoms with Gasteiger partial charge >= 0.3 is 0 Å². The summed E-state index contributed by atoms with van der Waals surface area (Å²) < 4.78 is 7.44. The molecule has 0 spiro atoms. The first-order valence-electron chi connectivity index (χ1n) is 6.77. The highest BCUT2D eigenvalue weighted by Crippen LogP contribution is 2.18. The third kappa shape index (κ3) is 2.93. The summed E-state index contributed by atoms with van der Waals surface area (Å²) in [5, 5.41) is 0. The second-order valence-electron chi connectivity index (χ2n) is 5.04. The summed E-state index contributed by atoms with van der Waals surface area (Å²) in [5.41, 5.74) is 2.48. The number of hydrogen-bond donors (Lipinski definition) is 2. The van der Waals surface area contributed by atoms with Crippen molar-refractivity contribution in [3.05, 3.63) is 18.7 Å². The lowest BCUT2D eigenvalue weighted by Gasteiger charge is -2.35. The van der Waals surface area contributed by atoms with Crippen LogP contribution in [0.5, 0.6) is 0 Å². The molecule has 0 unspecified atom stereocenters. The Morgan fingerprint density at radius 2 is 1.90 bits per heavy atom. The van der Waals surface area contributed by atoms with E-state index in [1.807, 2.05) is 13.8 Å². The monoisotopic (exact) mass is 290 g/mol.